The summed E-state index contributed by atoms with van der Waals surface area (Å²) in [7, 11) is 0. The number of hydrogen-bond acceptors (Lipinski definition) is 5. The van der Waals surface area contributed by atoms with Crippen LogP contribution in [0, 0.1) is 22.7 Å². The molecule has 0 amide bonds. The van der Waals surface area contributed by atoms with Crippen molar-refractivity contribution >= 4 is 43.6 Å². The lowest BCUT2D eigenvalue weighted by atomic mass is 9.80. The van der Waals surface area contributed by atoms with Gasteiger partial charge in [0.2, 0.25) is 0 Å². The highest BCUT2D eigenvalue weighted by Gasteiger charge is 2.40. The van der Waals surface area contributed by atoms with Gasteiger partial charge in [-0.3, -0.25) is 0 Å². The third-order valence-corrected chi connectivity index (χ3v) is 18.0. The Morgan fingerprint density at radius 1 is 0.321 bits per heavy atom. The highest BCUT2D eigenvalue weighted by Crippen LogP contribution is 2.55. The number of hydrogen-bond donors (Lipinski definition) is 0. The van der Waals surface area contributed by atoms with Crippen molar-refractivity contribution in [2.75, 3.05) is 0 Å². The van der Waals surface area contributed by atoms with Crippen molar-refractivity contribution in [1.29, 1.82) is 10.5 Å². The Kier molecular flexibility index (Phi) is 10.6. The van der Waals surface area contributed by atoms with E-state index in [0.717, 1.165) is 83.2 Å². The summed E-state index contributed by atoms with van der Waals surface area (Å²) in [5.41, 5.74) is 23.5. The van der Waals surface area contributed by atoms with Gasteiger partial charge in [-0.25, -0.2) is 15.0 Å². The van der Waals surface area contributed by atoms with Gasteiger partial charge < -0.3 is 9.13 Å². The topological polar surface area (TPSA) is 96.1 Å². The Morgan fingerprint density at radius 2 is 0.702 bits per heavy atom. The Morgan fingerprint density at radius 3 is 1.15 bits per heavy atom. The van der Waals surface area contributed by atoms with Gasteiger partial charge in [0.25, 0.3) is 0 Å². The quantitative estimate of drug-likeness (QED) is 0.158. The Balaban J connectivity index is 0.986. The molecule has 0 fully saturated rings. The van der Waals surface area contributed by atoms with E-state index in [1.165, 1.54) is 55.3 Å². The molecule has 0 atom stereocenters. The maximum absolute atomic E-state index is 9.85. The average Bonchev–Trinajstić information content (AvgIpc) is 1.64. The minimum absolute atomic E-state index is 0.272. The van der Waals surface area contributed by atoms with Crippen LogP contribution in [0.4, 0.5) is 0 Å². The van der Waals surface area contributed by atoms with Gasteiger partial charge in [-0.15, -0.1) is 0 Å². The molecular formula is C77H51N7. The van der Waals surface area contributed by atoms with Crippen molar-refractivity contribution in [3.05, 3.63) is 270 Å². The summed E-state index contributed by atoms with van der Waals surface area (Å²) in [5, 5.41) is 24.5. The van der Waals surface area contributed by atoms with Crippen molar-refractivity contribution in [1.82, 2.24) is 24.1 Å². The van der Waals surface area contributed by atoms with Gasteiger partial charge in [0.15, 0.2) is 17.5 Å². The van der Waals surface area contributed by atoms with Crippen LogP contribution in [0.25, 0.3) is 134 Å². The van der Waals surface area contributed by atoms with E-state index in [1.54, 1.807) is 0 Å². The first-order chi connectivity index (χ1) is 41.1. The smallest absolute Gasteiger partial charge is 0.166 e. The second kappa shape index (κ2) is 18.3. The van der Waals surface area contributed by atoms with Gasteiger partial charge in [-0.05, 0) is 140 Å². The van der Waals surface area contributed by atoms with Crippen molar-refractivity contribution in [2.24, 2.45) is 0 Å². The largest absolute Gasteiger partial charge is 0.308 e. The lowest BCUT2D eigenvalue weighted by Gasteiger charge is -2.23. The molecule has 3 heterocycles. The molecule has 0 bridgehead atoms. The molecule has 0 saturated carbocycles. The van der Waals surface area contributed by atoms with Gasteiger partial charge in [0.1, 0.15) is 0 Å². The van der Waals surface area contributed by atoms with Crippen LogP contribution in [0.3, 0.4) is 0 Å². The molecule has 14 aromatic rings. The lowest BCUT2D eigenvalue weighted by molar-refractivity contribution is 0.666. The van der Waals surface area contributed by atoms with E-state index in [9.17, 15) is 10.5 Å². The molecule has 2 aliphatic carbocycles. The predicted octanol–water partition coefficient (Wildman–Crippen LogP) is 18.8. The zero-order chi connectivity index (χ0) is 56.6. The minimum atomic E-state index is -0.272. The normalized spacial score (nSPS) is 13.4. The summed E-state index contributed by atoms with van der Waals surface area (Å²) in [6, 6.07) is 88.0. The summed E-state index contributed by atoms with van der Waals surface area (Å²) < 4.78 is 4.82. The standard InChI is InChI=1S/C77H51N7/c1-76(2)61-22-12-8-18-53(61)55-38-40-65-69(71(55)76)57-20-10-14-24-63(57)83(65)67-42-51(48-30-26-46(44-78)27-31-48)34-36-59(67)74-80-73(50-16-6-5-7-17-50)81-75(82-74)60-37-35-52(49-32-28-47(45-79)29-33-49)43-68(60)84-64-25-15-11-21-58(64)70-66(84)41-39-56-54-19-9-13-23-62(54)77(3,4)72(56)70/h5-43H,1-4H3. The number of nitriles is 2. The number of rotatable bonds is 7. The molecule has 84 heavy (non-hydrogen) atoms. The minimum Gasteiger partial charge on any atom is -0.308 e. The molecule has 0 N–H and O–H groups in total. The van der Waals surface area contributed by atoms with Crippen molar-refractivity contribution < 1.29 is 0 Å². The summed E-state index contributed by atoms with van der Waals surface area (Å²) >= 11 is 0. The van der Waals surface area contributed by atoms with E-state index in [-0.39, 0.29) is 10.8 Å². The van der Waals surface area contributed by atoms with Crippen molar-refractivity contribution in [2.45, 2.75) is 38.5 Å². The summed E-state index contributed by atoms with van der Waals surface area (Å²) in [4.78, 5) is 16.7. The summed E-state index contributed by atoms with van der Waals surface area (Å²) in [5.74, 6) is 1.57. The van der Waals surface area contributed by atoms with E-state index >= 15 is 0 Å². The molecule has 2 aliphatic rings. The molecule has 0 spiro atoms. The van der Waals surface area contributed by atoms with Gasteiger partial charge in [-0.1, -0.05) is 191 Å². The highest BCUT2D eigenvalue weighted by atomic mass is 15.1. The second-order valence-corrected chi connectivity index (χ2v) is 23.3. The Hall–Kier alpha value is -11.0. The van der Waals surface area contributed by atoms with Crippen LogP contribution in [0.2, 0.25) is 0 Å². The van der Waals surface area contributed by atoms with Crippen LogP contribution in [-0.4, -0.2) is 24.1 Å². The third-order valence-electron chi connectivity index (χ3n) is 18.0. The lowest BCUT2D eigenvalue weighted by Crippen LogP contribution is -2.15. The molecular weight excluding hydrogens is 1020 g/mol. The Labute approximate surface area is 486 Å². The van der Waals surface area contributed by atoms with E-state index in [1.807, 2.05) is 66.7 Å². The monoisotopic (exact) mass is 1070 g/mol. The first-order valence-corrected chi connectivity index (χ1v) is 28.5. The molecule has 0 unspecified atom stereocenters. The van der Waals surface area contributed by atoms with Crippen LogP contribution in [-0.2, 0) is 10.8 Å². The molecule has 0 saturated heterocycles. The van der Waals surface area contributed by atoms with Crippen LogP contribution < -0.4 is 0 Å². The maximum Gasteiger partial charge on any atom is 0.166 e. The average molecular weight is 1070 g/mol. The number of nitrogens with zero attached hydrogens (tertiary/aromatic N) is 7. The van der Waals surface area contributed by atoms with Gasteiger partial charge in [0.05, 0.1) is 56.7 Å². The van der Waals surface area contributed by atoms with Gasteiger partial charge in [0, 0.05) is 49.1 Å². The van der Waals surface area contributed by atoms with E-state index in [2.05, 4.69) is 219 Å². The number of aromatic nitrogens is 5. The van der Waals surface area contributed by atoms with Crippen molar-refractivity contribution in [3.8, 4) is 102 Å². The molecule has 0 aliphatic heterocycles. The first-order valence-electron chi connectivity index (χ1n) is 28.5. The highest BCUT2D eigenvalue weighted by molar-refractivity contribution is 6.16. The van der Waals surface area contributed by atoms with Crippen LogP contribution in [0.15, 0.2) is 237 Å². The molecule has 394 valence electrons. The fourth-order valence-electron chi connectivity index (χ4n) is 14.2. The number of para-hydroxylation sites is 2. The molecule has 16 rings (SSSR count). The van der Waals surface area contributed by atoms with Gasteiger partial charge in [-0.2, -0.15) is 10.5 Å². The van der Waals surface area contributed by atoms with Crippen LogP contribution in [0.5, 0.6) is 0 Å². The molecule has 11 aromatic carbocycles. The number of fused-ring (bicyclic) bond motifs is 14. The molecule has 3 aromatic heterocycles. The van der Waals surface area contributed by atoms with Gasteiger partial charge >= 0.3 is 0 Å². The summed E-state index contributed by atoms with van der Waals surface area (Å²) in [6.07, 6.45) is 0. The van der Waals surface area contributed by atoms with Crippen LogP contribution in [0.1, 0.15) is 61.1 Å². The zero-order valence-electron chi connectivity index (χ0n) is 46.6. The number of benzene rings is 11. The van der Waals surface area contributed by atoms with Crippen molar-refractivity contribution in [3.63, 3.8) is 0 Å². The molecule has 0 radical (unpaired) electrons. The van der Waals surface area contributed by atoms with E-state index < -0.39 is 0 Å². The zero-order valence-corrected chi connectivity index (χ0v) is 46.6. The third kappa shape index (κ3) is 7.13. The van der Waals surface area contributed by atoms with Crippen LogP contribution >= 0.6 is 0 Å². The maximum atomic E-state index is 9.85. The van der Waals surface area contributed by atoms with E-state index in [4.69, 9.17) is 15.0 Å². The first kappa shape index (κ1) is 48.9. The SMILES string of the molecule is CC1(C)c2ccccc2-c2ccc3c(c21)c1ccccc1n3-c1cc(-c2ccc(C#N)cc2)ccc1-c1nc(-c2ccccc2)nc(-c2ccc(-c3ccc(C#N)cc3)cc2-n2c3ccccc3c3c4c(ccc32)-c2ccccc2C4(C)C)n1. The molecule has 7 heteroatoms. The fourth-order valence-corrected chi connectivity index (χ4v) is 14.2. The fraction of sp³-hybridized carbons (Fsp3) is 0.0779. The molecule has 7 nitrogen and oxygen atoms in total. The van der Waals surface area contributed by atoms with E-state index in [0.29, 0.717) is 28.6 Å². The predicted molar refractivity (Wildman–Crippen MR) is 340 cm³/mol. The Bertz CT molecular complexity index is 4890. The summed E-state index contributed by atoms with van der Waals surface area (Å²) in [6.45, 7) is 9.42. The second-order valence-electron chi connectivity index (χ2n) is 23.3.